The summed E-state index contributed by atoms with van der Waals surface area (Å²) >= 11 is 0. The third-order valence-electron chi connectivity index (χ3n) is 5.35. The lowest BCUT2D eigenvalue weighted by atomic mass is 9.71. The standard InChI is InChI=1S/C20H42O3Si/c1-6-11-18-15-19(12-7-2)17-20(16-18)13-14-24(21-8-3,22-9-4)23-10-5/h18-20H,6-17H2,1-5H3. The molecule has 1 fully saturated rings. The van der Waals surface area contributed by atoms with Crippen LogP contribution in [0.5, 0.6) is 0 Å². The second-order valence-electron chi connectivity index (χ2n) is 7.40. The minimum atomic E-state index is -2.46. The molecule has 1 rings (SSSR count). The van der Waals surface area contributed by atoms with Crippen LogP contribution in [0.2, 0.25) is 6.04 Å². The van der Waals surface area contributed by atoms with Gasteiger partial charge in [-0.3, -0.25) is 0 Å². The van der Waals surface area contributed by atoms with Crippen molar-refractivity contribution in [2.24, 2.45) is 17.8 Å². The average molecular weight is 359 g/mol. The van der Waals surface area contributed by atoms with E-state index in [1.807, 2.05) is 0 Å². The second-order valence-corrected chi connectivity index (χ2v) is 10.1. The van der Waals surface area contributed by atoms with Crippen LogP contribution in [-0.2, 0) is 13.3 Å². The molecule has 1 aliphatic carbocycles. The molecular weight excluding hydrogens is 316 g/mol. The minimum absolute atomic E-state index is 0.688. The first-order valence-electron chi connectivity index (χ1n) is 10.5. The van der Waals surface area contributed by atoms with Crippen molar-refractivity contribution in [3.63, 3.8) is 0 Å². The number of hydrogen-bond acceptors (Lipinski definition) is 3. The first-order valence-corrected chi connectivity index (χ1v) is 12.5. The van der Waals surface area contributed by atoms with Crippen molar-refractivity contribution in [1.29, 1.82) is 0 Å². The maximum Gasteiger partial charge on any atom is 0.500 e. The summed E-state index contributed by atoms with van der Waals surface area (Å²) in [7, 11) is -2.46. The van der Waals surface area contributed by atoms with E-state index in [1.54, 1.807) is 0 Å². The van der Waals surface area contributed by atoms with E-state index in [-0.39, 0.29) is 0 Å². The lowest BCUT2D eigenvalue weighted by Crippen LogP contribution is -2.46. The molecule has 0 bridgehead atoms. The molecule has 0 spiro atoms. The molecule has 0 aliphatic heterocycles. The number of rotatable bonds is 13. The van der Waals surface area contributed by atoms with Crippen LogP contribution in [0, 0.1) is 17.8 Å². The lowest BCUT2D eigenvalue weighted by molar-refractivity contribution is 0.0671. The van der Waals surface area contributed by atoms with E-state index in [9.17, 15) is 0 Å². The molecule has 0 radical (unpaired) electrons. The van der Waals surface area contributed by atoms with Crippen LogP contribution in [0.4, 0.5) is 0 Å². The molecule has 3 nitrogen and oxygen atoms in total. The third-order valence-corrected chi connectivity index (χ3v) is 8.43. The quantitative estimate of drug-likeness (QED) is 0.375. The zero-order valence-electron chi connectivity index (χ0n) is 16.9. The molecule has 0 aromatic rings. The molecule has 0 saturated heterocycles. The summed E-state index contributed by atoms with van der Waals surface area (Å²) in [5, 5.41) is 0. The van der Waals surface area contributed by atoms with Crippen LogP contribution in [0.1, 0.15) is 86.0 Å². The normalized spacial score (nSPS) is 25.1. The van der Waals surface area contributed by atoms with Gasteiger partial charge in [0.25, 0.3) is 0 Å². The van der Waals surface area contributed by atoms with E-state index < -0.39 is 8.80 Å². The summed E-state index contributed by atoms with van der Waals surface area (Å²) in [6.45, 7) is 12.9. The predicted octanol–water partition coefficient (Wildman–Crippen LogP) is 6.06. The molecule has 2 unspecified atom stereocenters. The number of hydrogen-bond donors (Lipinski definition) is 0. The van der Waals surface area contributed by atoms with Crippen LogP contribution in [0.25, 0.3) is 0 Å². The molecule has 0 N–H and O–H groups in total. The van der Waals surface area contributed by atoms with Crippen LogP contribution in [0.15, 0.2) is 0 Å². The zero-order valence-corrected chi connectivity index (χ0v) is 17.9. The highest BCUT2D eigenvalue weighted by atomic mass is 28.4. The van der Waals surface area contributed by atoms with Gasteiger partial charge < -0.3 is 13.3 Å². The van der Waals surface area contributed by atoms with E-state index in [0.29, 0.717) is 19.8 Å². The van der Waals surface area contributed by atoms with Crippen molar-refractivity contribution >= 4 is 8.80 Å². The highest BCUT2D eigenvalue weighted by molar-refractivity contribution is 6.60. The lowest BCUT2D eigenvalue weighted by Gasteiger charge is -2.36. The van der Waals surface area contributed by atoms with E-state index in [2.05, 4.69) is 34.6 Å². The smallest absolute Gasteiger partial charge is 0.374 e. The van der Waals surface area contributed by atoms with Gasteiger partial charge in [0.15, 0.2) is 0 Å². The SMILES string of the molecule is CCCC1CC(CCC)CC(CC[Si](OCC)(OCC)OCC)C1. The Morgan fingerprint density at radius 3 is 1.33 bits per heavy atom. The van der Waals surface area contributed by atoms with Gasteiger partial charge in [-0.05, 0) is 64.2 Å². The van der Waals surface area contributed by atoms with Gasteiger partial charge in [-0.25, -0.2) is 0 Å². The largest absolute Gasteiger partial charge is 0.500 e. The Hall–Kier alpha value is 0.0969. The molecule has 0 aromatic heterocycles. The van der Waals surface area contributed by atoms with Crippen molar-refractivity contribution in [3.8, 4) is 0 Å². The fourth-order valence-electron chi connectivity index (χ4n) is 4.61. The fraction of sp³-hybridized carbons (Fsp3) is 1.00. The predicted molar refractivity (Wildman–Crippen MR) is 104 cm³/mol. The summed E-state index contributed by atoms with van der Waals surface area (Å²) in [6.07, 6.45) is 10.9. The Morgan fingerprint density at radius 1 is 0.625 bits per heavy atom. The van der Waals surface area contributed by atoms with Gasteiger partial charge in [0, 0.05) is 25.9 Å². The highest BCUT2D eigenvalue weighted by Crippen LogP contribution is 2.40. The van der Waals surface area contributed by atoms with Gasteiger partial charge in [-0.15, -0.1) is 0 Å². The van der Waals surface area contributed by atoms with Gasteiger partial charge in [-0.1, -0.05) is 39.5 Å². The van der Waals surface area contributed by atoms with Crippen molar-refractivity contribution in [3.05, 3.63) is 0 Å². The second kappa shape index (κ2) is 12.5. The molecule has 144 valence electrons. The maximum atomic E-state index is 6.04. The molecule has 4 heteroatoms. The third kappa shape index (κ3) is 7.55. The molecule has 1 aliphatic rings. The van der Waals surface area contributed by atoms with E-state index in [0.717, 1.165) is 23.8 Å². The summed E-state index contributed by atoms with van der Waals surface area (Å²) in [5.74, 6) is 2.71. The monoisotopic (exact) mass is 358 g/mol. The Labute approximate surface area is 152 Å². The Kier molecular flexibility index (Phi) is 11.5. The highest BCUT2D eigenvalue weighted by Gasteiger charge is 2.41. The Bertz CT molecular complexity index is 280. The topological polar surface area (TPSA) is 27.7 Å². The molecule has 24 heavy (non-hydrogen) atoms. The first-order chi connectivity index (χ1) is 11.6. The van der Waals surface area contributed by atoms with E-state index in [4.69, 9.17) is 13.3 Å². The van der Waals surface area contributed by atoms with Crippen LogP contribution >= 0.6 is 0 Å². The van der Waals surface area contributed by atoms with Crippen molar-refractivity contribution in [2.45, 2.75) is 92.0 Å². The van der Waals surface area contributed by atoms with Gasteiger partial charge in [0.1, 0.15) is 0 Å². The summed E-state index contributed by atoms with van der Waals surface area (Å²) in [6, 6.07) is 0.991. The first kappa shape index (κ1) is 22.1. The maximum absolute atomic E-state index is 6.04. The molecule has 0 heterocycles. The van der Waals surface area contributed by atoms with Gasteiger partial charge in [0.2, 0.25) is 0 Å². The van der Waals surface area contributed by atoms with Crippen molar-refractivity contribution < 1.29 is 13.3 Å². The van der Waals surface area contributed by atoms with E-state index in [1.165, 1.54) is 51.4 Å². The minimum Gasteiger partial charge on any atom is -0.374 e. The molecule has 2 atom stereocenters. The zero-order chi connectivity index (χ0) is 17.8. The van der Waals surface area contributed by atoms with Crippen molar-refractivity contribution in [2.75, 3.05) is 19.8 Å². The fourth-order valence-corrected chi connectivity index (χ4v) is 7.37. The van der Waals surface area contributed by atoms with Gasteiger partial charge in [-0.2, -0.15) is 0 Å². The van der Waals surface area contributed by atoms with Crippen molar-refractivity contribution in [1.82, 2.24) is 0 Å². The van der Waals surface area contributed by atoms with Crippen LogP contribution in [0.3, 0.4) is 0 Å². The molecule has 0 aromatic carbocycles. The molecule has 0 amide bonds. The summed E-state index contributed by atoms with van der Waals surface area (Å²) < 4.78 is 18.1. The summed E-state index contributed by atoms with van der Waals surface area (Å²) in [4.78, 5) is 0. The summed E-state index contributed by atoms with van der Waals surface area (Å²) in [5.41, 5.74) is 0. The average Bonchev–Trinajstić information content (AvgIpc) is 2.54. The van der Waals surface area contributed by atoms with Gasteiger partial charge >= 0.3 is 8.80 Å². The Morgan fingerprint density at radius 2 is 1.00 bits per heavy atom. The van der Waals surface area contributed by atoms with Crippen LogP contribution in [-0.4, -0.2) is 28.6 Å². The Balaban J connectivity index is 2.65. The molecular formula is C20H42O3Si. The van der Waals surface area contributed by atoms with Crippen LogP contribution < -0.4 is 0 Å². The van der Waals surface area contributed by atoms with E-state index >= 15 is 0 Å². The van der Waals surface area contributed by atoms with Gasteiger partial charge in [0.05, 0.1) is 0 Å². The molecule has 1 saturated carbocycles.